The Morgan fingerprint density at radius 2 is 1.56 bits per heavy atom. The third-order valence-electron chi connectivity index (χ3n) is 6.53. The lowest BCUT2D eigenvalue weighted by atomic mass is 9.91. The number of alkyl carbamates (subject to hydrolysis) is 1. The summed E-state index contributed by atoms with van der Waals surface area (Å²) in [5, 5.41) is 5.98. The van der Waals surface area contributed by atoms with Crippen LogP contribution in [0.3, 0.4) is 0 Å². The number of ether oxygens (including phenoxy) is 5. The maximum Gasteiger partial charge on any atom is 0.407 e. The normalized spacial score (nSPS) is 16.8. The number of rotatable bonds is 14. The van der Waals surface area contributed by atoms with Crippen LogP contribution in [0.15, 0.2) is 30.3 Å². The van der Waals surface area contributed by atoms with Crippen LogP contribution in [-0.4, -0.2) is 99.1 Å². The molecule has 1 atom stereocenters. The fourth-order valence-corrected chi connectivity index (χ4v) is 4.69. The van der Waals surface area contributed by atoms with Crippen molar-refractivity contribution in [1.29, 1.82) is 0 Å². The van der Waals surface area contributed by atoms with E-state index in [1.165, 1.54) is 0 Å². The Kier molecular flexibility index (Phi) is 10.7. The van der Waals surface area contributed by atoms with Gasteiger partial charge in [0, 0.05) is 23.9 Å². The van der Waals surface area contributed by atoms with Crippen molar-refractivity contribution in [2.45, 2.75) is 45.3 Å². The molecule has 2 aromatic carbocycles. The zero-order chi connectivity index (χ0) is 31.0. The van der Waals surface area contributed by atoms with Crippen molar-refractivity contribution < 1.29 is 47.7 Å². The number of hydrogen-bond acceptors (Lipinski definition) is 10. The van der Waals surface area contributed by atoms with Crippen LogP contribution in [0, 0.1) is 0 Å². The van der Waals surface area contributed by atoms with E-state index in [0.29, 0.717) is 61.7 Å². The lowest BCUT2D eigenvalue weighted by Gasteiger charge is -2.34. The Hall–Kier alpha value is -4.07. The standard InChI is InChI=1S/C30H37N3O10/c1-30(2,3)43-29(38)31-9-10-39-11-12-40-13-14-41-15-16-42-20-17-19-5-4-6-21-25(19)22(18-20)28(37)33(27(21)36)23-7-8-24(34)32-26(23)35/h4-6,17-18,23H,7-16H2,1-3H3,(H,31,38)(H,32,34,35). The molecule has 0 aliphatic carbocycles. The lowest BCUT2D eigenvalue weighted by Crippen LogP contribution is -2.57. The summed E-state index contributed by atoms with van der Waals surface area (Å²) in [6.45, 7) is 8.00. The topological polar surface area (TPSA) is 159 Å². The van der Waals surface area contributed by atoms with Gasteiger partial charge in [-0.25, -0.2) is 4.79 Å². The van der Waals surface area contributed by atoms with Gasteiger partial charge in [0.1, 0.15) is 24.0 Å². The molecule has 5 amide bonds. The molecule has 0 radical (unpaired) electrons. The van der Waals surface area contributed by atoms with E-state index in [1.807, 2.05) is 0 Å². The average molecular weight is 600 g/mol. The molecule has 0 saturated carbocycles. The number of carbonyl (C=O) groups is 5. The molecule has 2 aromatic rings. The van der Waals surface area contributed by atoms with Crippen LogP contribution < -0.4 is 15.4 Å². The lowest BCUT2D eigenvalue weighted by molar-refractivity contribution is -0.136. The number of carbonyl (C=O) groups excluding carboxylic acids is 5. The molecule has 0 spiro atoms. The molecule has 0 bridgehead atoms. The Labute approximate surface area is 249 Å². The Balaban J connectivity index is 1.17. The zero-order valence-electron chi connectivity index (χ0n) is 24.6. The van der Waals surface area contributed by atoms with E-state index in [9.17, 15) is 24.0 Å². The number of amides is 5. The van der Waals surface area contributed by atoms with E-state index in [-0.39, 0.29) is 31.6 Å². The first-order valence-electron chi connectivity index (χ1n) is 14.2. The molecule has 1 unspecified atom stereocenters. The van der Waals surface area contributed by atoms with E-state index >= 15 is 0 Å². The first-order valence-corrected chi connectivity index (χ1v) is 14.2. The molecule has 13 heteroatoms. The molecule has 1 fully saturated rings. The smallest absolute Gasteiger partial charge is 0.407 e. The third kappa shape index (κ3) is 8.49. The quantitative estimate of drug-likeness (QED) is 0.244. The highest BCUT2D eigenvalue weighted by Crippen LogP contribution is 2.35. The summed E-state index contributed by atoms with van der Waals surface area (Å²) in [5.41, 5.74) is 0.0230. The molecule has 232 valence electrons. The summed E-state index contributed by atoms with van der Waals surface area (Å²) in [6, 6.07) is 7.35. The van der Waals surface area contributed by atoms with Crippen LogP contribution in [0.4, 0.5) is 4.79 Å². The highest BCUT2D eigenvalue weighted by atomic mass is 16.6. The van der Waals surface area contributed by atoms with Crippen molar-refractivity contribution in [3.05, 3.63) is 41.5 Å². The van der Waals surface area contributed by atoms with Crippen LogP contribution in [0.5, 0.6) is 5.75 Å². The van der Waals surface area contributed by atoms with E-state index in [2.05, 4.69) is 10.6 Å². The molecule has 43 heavy (non-hydrogen) atoms. The largest absolute Gasteiger partial charge is 0.491 e. The fraction of sp³-hybridized carbons (Fsp3) is 0.500. The number of nitrogens with one attached hydrogen (secondary N) is 2. The fourth-order valence-electron chi connectivity index (χ4n) is 4.69. The van der Waals surface area contributed by atoms with Crippen molar-refractivity contribution in [1.82, 2.24) is 15.5 Å². The summed E-state index contributed by atoms with van der Waals surface area (Å²) in [4.78, 5) is 63.2. The van der Waals surface area contributed by atoms with Crippen molar-refractivity contribution in [3.63, 3.8) is 0 Å². The minimum absolute atomic E-state index is 0.0432. The van der Waals surface area contributed by atoms with Crippen molar-refractivity contribution >= 4 is 40.5 Å². The highest BCUT2D eigenvalue weighted by molar-refractivity contribution is 6.27. The Morgan fingerprint density at radius 3 is 2.23 bits per heavy atom. The Morgan fingerprint density at radius 1 is 0.907 bits per heavy atom. The molecule has 0 aromatic heterocycles. The second-order valence-corrected chi connectivity index (χ2v) is 10.9. The molecule has 2 aliphatic heterocycles. The van der Waals surface area contributed by atoms with Gasteiger partial charge in [-0.2, -0.15) is 0 Å². The maximum atomic E-state index is 13.5. The first-order chi connectivity index (χ1) is 20.5. The summed E-state index contributed by atoms with van der Waals surface area (Å²) < 4.78 is 27.4. The van der Waals surface area contributed by atoms with Gasteiger partial charge in [0.05, 0.1) is 45.2 Å². The maximum absolute atomic E-state index is 13.5. The summed E-state index contributed by atoms with van der Waals surface area (Å²) in [7, 11) is 0. The summed E-state index contributed by atoms with van der Waals surface area (Å²) >= 11 is 0. The molecular weight excluding hydrogens is 562 g/mol. The number of imide groups is 2. The van der Waals surface area contributed by atoms with Gasteiger partial charge >= 0.3 is 6.09 Å². The van der Waals surface area contributed by atoms with E-state index in [1.54, 1.807) is 51.1 Å². The number of piperidine rings is 1. The molecule has 2 aliphatic rings. The molecule has 2 heterocycles. The monoisotopic (exact) mass is 599 g/mol. The van der Waals surface area contributed by atoms with Crippen molar-refractivity contribution in [3.8, 4) is 5.75 Å². The SMILES string of the molecule is CC(C)(C)OC(=O)NCCOCCOCCOCCOc1cc2c3c(cccc3c1)C(=O)N(C1CCC(=O)NC1=O)C2=O. The molecule has 4 rings (SSSR count). The van der Waals surface area contributed by atoms with E-state index in [4.69, 9.17) is 23.7 Å². The molecular formula is C30H37N3O10. The van der Waals surface area contributed by atoms with Crippen LogP contribution in [-0.2, 0) is 28.5 Å². The first kappa shape index (κ1) is 31.9. The van der Waals surface area contributed by atoms with Crippen LogP contribution in [0.1, 0.15) is 54.3 Å². The molecule has 13 nitrogen and oxygen atoms in total. The Bertz CT molecular complexity index is 1370. The van der Waals surface area contributed by atoms with Crippen LogP contribution >= 0.6 is 0 Å². The summed E-state index contributed by atoms with van der Waals surface area (Å²) in [5.74, 6) is -1.85. The van der Waals surface area contributed by atoms with Gasteiger partial charge in [-0.05, 0) is 50.8 Å². The van der Waals surface area contributed by atoms with Gasteiger partial charge in [-0.1, -0.05) is 12.1 Å². The minimum atomic E-state index is -1.06. The average Bonchev–Trinajstić information content (AvgIpc) is 2.94. The highest BCUT2D eigenvalue weighted by Gasteiger charge is 2.42. The second-order valence-electron chi connectivity index (χ2n) is 10.9. The van der Waals surface area contributed by atoms with Gasteiger partial charge in [0.25, 0.3) is 11.8 Å². The van der Waals surface area contributed by atoms with Gasteiger partial charge < -0.3 is 29.0 Å². The van der Waals surface area contributed by atoms with Gasteiger partial charge in [-0.3, -0.25) is 29.4 Å². The predicted octanol–water partition coefficient (Wildman–Crippen LogP) is 2.19. The van der Waals surface area contributed by atoms with Crippen molar-refractivity contribution in [2.24, 2.45) is 0 Å². The van der Waals surface area contributed by atoms with E-state index in [0.717, 1.165) is 4.90 Å². The number of hydrogen-bond donors (Lipinski definition) is 2. The van der Waals surface area contributed by atoms with E-state index < -0.39 is 41.4 Å². The van der Waals surface area contributed by atoms with Gasteiger partial charge in [0.2, 0.25) is 11.8 Å². The third-order valence-corrected chi connectivity index (χ3v) is 6.53. The minimum Gasteiger partial charge on any atom is -0.491 e. The molecule has 1 saturated heterocycles. The van der Waals surface area contributed by atoms with Crippen LogP contribution in [0.2, 0.25) is 0 Å². The van der Waals surface area contributed by atoms with Crippen molar-refractivity contribution in [2.75, 3.05) is 52.8 Å². The second kappa shape index (κ2) is 14.4. The zero-order valence-corrected chi connectivity index (χ0v) is 24.6. The van der Waals surface area contributed by atoms with Crippen LogP contribution in [0.25, 0.3) is 10.8 Å². The number of nitrogens with zero attached hydrogens (tertiary/aromatic N) is 1. The predicted molar refractivity (Wildman–Crippen MR) is 153 cm³/mol. The number of benzene rings is 2. The van der Waals surface area contributed by atoms with Gasteiger partial charge in [-0.15, -0.1) is 0 Å². The van der Waals surface area contributed by atoms with Gasteiger partial charge in [0.15, 0.2) is 0 Å². The molecule has 2 N–H and O–H groups in total. The summed E-state index contributed by atoms with van der Waals surface area (Å²) in [6.07, 6.45) is -0.369.